The predicted molar refractivity (Wildman–Crippen MR) is 103 cm³/mol. The van der Waals surface area contributed by atoms with Crippen molar-refractivity contribution in [2.45, 2.75) is 59.7 Å². The quantitative estimate of drug-likeness (QED) is 0.369. The molecule has 3 N–H and O–H groups in total. The maximum absolute atomic E-state index is 9.32. The van der Waals surface area contributed by atoms with Gasteiger partial charge in [0.25, 0.3) is 0 Å². The van der Waals surface area contributed by atoms with Gasteiger partial charge in [-0.1, -0.05) is 12.1 Å². The molecule has 5 heteroatoms. The van der Waals surface area contributed by atoms with E-state index in [1.54, 1.807) is 12.1 Å². The molecule has 0 aliphatic rings. The first-order valence-corrected chi connectivity index (χ1v) is 8.99. The molecule has 5 nitrogen and oxygen atoms in total. The minimum atomic E-state index is 0.285. The van der Waals surface area contributed by atoms with E-state index >= 15 is 0 Å². The molecule has 0 radical (unpaired) electrons. The van der Waals surface area contributed by atoms with Crippen molar-refractivity contribution in [3.05, 3.63) is 29.8 Å². The maximum atomic E-state index is 9.32. The van der Waals surface area contributed by atoms with Crippen molar-refractivity contribution < 1.29 is 5.11 Å². The van der Waals surface area contributed by atoms with Crippen LogP contribution in [-0.4, -0.2) is 47.7 Å². The number of nitrogens with one attached hydrogen (secondary N) is 2. The summed E-state index contributed by atoms with van der Waals surface area (Å²) in [5.41, 5.74) is 1.08. The van der Waals surface area contributed by atoms with Gasteiger partial charge in [0.1, 0.15) is 5.75 Å². The van der Waals surface area contributed by atoms with Crippen LogP contribution < -0.4 is 10.6 Å². The maximum Gasteiger partial charge on any atom is 0.191 e. The molecule has 0 spiro atoms. The summed E-state index contributed by atoms with van der Waals surface area (Å²) in [5.74, 6) is 1.12. The highest BCUT2D eigenvalue weighted by atomic mass is 16.3. The fraction of sp³-hybridized carbons (Fsp3) is 0.632. The zero-order chi connectivity index (χ0) is 17.9. The second kappa shape index (κ2) is 10.9. The molecule has 1 aromatic carbocycles. The van der Waals surface area contributed by atoms with Crippen molar-refractivity contribution in [2.24, 2.45) is 4.99 Å². The molecule has 1 aromatic rings. The standard InChI is InChI=1S/C19H34N4O/c1-6-20-19(22-14-17-8-10-18(24)11-9-17)21-12-7-13-23(15(2)3)16(4)5/h8-11,15-16,24H,6-7,12-14H2,1-5H3,(H2,20,21,22). The predicted octanol–water partition coefficient (Wildman–Crippen LogP) is 2.96. The number of rotatable bonds is 9. The summed E-state index contributed by atoms with van der Waals surface area (Å²) < 4.78 is 0. The highest BCUT2D eigenvalue weighted by molar-refractivity contribution is 5.79. The molecule has 0 aromatic heterocycles. The van der Waals surface area contributed by atoms with Gasteiger partial charge in [-0.15, -0.1) is 0 Å². The molecule has 0 saturated carbocycles. The molecule has 0 aliphatic heterocycles. The molecule has 0 atom stereocenters. The zero-order valence-electron chi connectivity index (χ0n) is 15.8. The fourth-order valence-electron chi connectivity index (χ4n) is 2.69. The Labute approximate surface area is 147 Å². The molecule has 0 unspecified atom stereocenters. The van der Waals surface area contributed by atoms with Crippen LogP contribution in [0.25, 0.3) is 0 Å². The molecule has 0 heterocycles. The van der Waals surface area contributed by atoms with E-state index in [4.69, 9.17) is 0 Å². The number of hydrogen-bond acceptors (Lipinski definition) is 3. The molecular weight excluding hydrogens is 300 g/mol. The lowest BCUT2D eigenvalue weighted by atomic mass is 10.2. The lowest BCUT2D eigenvalue weighted by Crippen LogP contribution is -2.41. The van der Waals surface area contributed by atoms with Gasteiger partial charge in [0.15, 0.2) is 5.96 Å². The van der Waals surface area contributed by atoms with Gasteiger partial charge < -0.3 is 15.7 Å². The third kappa shape index (κ3) is 7.68. The summed E-state index contributed by atoms with van der Waals surface area (Å²) in [7, 11) is 0. The average Bonchev–Trinajstić information content (AvgIpc) is 2.53. The Kier molecular flexibility index (Phi) is 9.23. The van der Waals surface area contributed by atoms with Gasteiger partial charge in [0.2, 0.25) is 0 Å². The SMILES string of the molecule is CCNC(=NCc1ccc(O)cc1)NCCCN(C(C)C)C(C)C. The lowest BCUT2D eigenvalue weighted by Gasteiger charge is -2.30. The van der Waals surface area contributed by atoms with Crippen molar-refractivity contribution in [3.63, 3.8) is 0 Å². The number of benzene rings is 1. The Morgan fingerprint density at radius 3 is 2.25 bits per heavy atom. The van der Waals surface area contributed by atoms with Gasteiger partial charge in [-0.25, -0.2) is 4.99 Å². The summed E-state index contributed by atoms with van der Waals surface area (Å²) in [4.78, 5) is 7.10. The third-order valence-electron chi connectivity index (χ3n) is 3.91. The van der Waals surface area contributed by atoms with Crippen LogP contribution in [0.3, 0.4) is 0 Å². The number of aromatic hydroxyl groups is 1. The lowest BCUT2D eigenvalue weighted by molar-refractivity contribution is 0.173. The van der Waals surface area contributed by atoms with Crippen LogP contribution in [0.5, 0.6) is 5.75 Å². The van der Waals surface area contributed by atoms with Gasteiger partial charge in [0, 0.05) is 31.7 Å². The average molecular weight is 335 g/mol. The normalized spacial score (nSPS) is 12.2. The molecular formula is C19H34N4O. The van der Waals surface area contributed by atoms with Crippen LogP contribution in [0.15, 0.2) is 29.3 Å². The molecule has 0 saturated heterocycles. The van der Waals surface area contributed by atoms with E-state index in [1.807, 2.05) is 12.1 Å². The molecule has 0 bridgehead atoms. The van der Waals surface area contributed by atoms with Crippen LogP contribution in [0, 0.1) is 0 Å². The highest BCUT2D eigenvalue weighted by Crippen LogP contribution is 2.10. The number of nitrogens with zero attached hydrogens (tertiary/aromatic N) is 2. The molecule has 136 valence electrons. The second-order valence-electron chi connectivity index (χ2n) is 6.57. The van der Waals surface area contributed by atoms with Gasteiger partial charge in [0.05, 0.1) is 6.54 Å². The molecule has 24 heavy (non-hydrogen) atoms. The fourth-order valence-corrected chi connectivity index (χ4v) is 2.69. The van der Waals surface area contributed by atoms with E-state index in [0.29, 0.717) is 18.6 Å². The summed E-state index contributed by atoms with van der Waals surface area (Å²) >= 11 is 0. The summed E-state index contributed by atoms with van der Waals surface area (Å²) in [6.45, 7) is 14.5. The van der Waals surface area contributed by atoms with Crippen molar-refractivity contribution in [2.75, 3.05) is 19.6 Å². The molecule has 0 aliphatic carbocycles. The third-order valence-corrected chi connectivity index (χ3v) is 3.91. The van der Waals surface area contributed by atoms with E-state index < -0.39 is 0 Å². The highest BCUT2D eigenvalue weighted by Gasteiger charge is 2.12. The van der Waals surface area contributed by atoms with E-state index in [0.717, 1.165) is 37.6 Å². The Balaban J connectivity index is 2.45. The number of aliphatic imine (C=N–C) groups is 1. The van der Waals surface area contributed by atoms with Crippen molar-refractivity contribution >= 4 is 5.96 Å². The Hall–Kier alpha value is -1.75. The number of guanidine groups is 1. The summed E-state index contributed by atoms with van der Waals surface area (Å²) in [5, 5.41) is 16.0. The smallest absolute Gasteiger partial charge is 0.191 e. The van der Waals surface area contributed by atoms with E-state index in [2.05, 4.69) is 55.1 Å². The van der Waals surface area contributed by atoms with E-state index in [1.165, 1.54) is 0 Å². The van der Waals surface area contributed by atoms with Crippen LogP contribution >= 0.6 is 0 Å². The molecule has 0 fully saturated rings. The van der Waals surface area contributed by atoms with Crippen molar-refractivity contribution in [1.82, 2.24) is 15.5 Å². The molecule has 1 rings (SSSR count). The first-order valence-electron chi connectivity index (χ1n) is 8.99. The summed E-state index contributed by atoms with van der Waals surface area (Å²) in [6.07, 6.45) is 1.08. The van der Waals surface area contributed by atoms with Crippen LogP contribution in [0.1, 0.15) is 46.6 Å². The Bertz CT molecular complexity index is 475. The topological polar surface area (TPSA) is 59.9 Å². The number of phenols is 1. The van der Waals surface area contributed by atoms with Gasteiger partial charge >= 0.3 is 0 Å². The minimum absolute atomic E-state index is 0.285. The monoisotopic (exact) mass is 334 g/mol. The van der Waals surface area contributed by atoms with Gasteiger partial charge in [-0.3, -0.25) is 4.90 Å². The number of phenolic OH excluding ortho intramolecular Hbond substituents is 1. The first kappa shape index (κ1) is 20.3. The Morgan fingerprint density at radius 1 is 1.08 bits per heavy atom. The van der Waals surface area contributed by atoms with Crippen LogP contribution in [0.2, 0.25) is 0 Å². The van der Waals surface area contributed by atoms with Crippen LogP contribution in [-0.2, 0) is 6.54 Å². The Morgan fingerprint density at radius 2 is 1.71 bits per heavy atom. The van der Waals surface area contributed by atoms with E-state index in [-0.39, 0.29) is 5.75 Å². The van der Waals surface area contributed by atoms with E-state index in [9.17, 15) is 5.11 Å². The first-order chi connectivity index (χ1) is 11.4. The number of hydrogen-bond donors (Lipinski definition) is 3. The van der Waals surface area contributed by atoms with Crippen molar-refractivity contribution in [3.8, 4) is 5.75 Å². The molecule has 0 amide bonds. The van der Waals surface area contributed by atoms with Gasteiger partial charge in [-0.2, -0.15) is 0 Å². The second-order valence-corrected chi connectivity index (χ2v) is 6.57. The van der Waals surface area contributed by atoms with Crippen molar-refractivity contribution in [1.29, 1.82) is 0 Å². The van der Waals surface area contributed by atoms with Crippen LogP contribution in [0.4, 0.5) is 0 Å². The van der Waals surface area contributed by atoms with Gasteiger partial charge in [-0.05, 0) is 58.7 Å². The zero-order valence-corrected chi connectivity index (χ0v) is 15.8. The minimum Gasteiger partial charge on any atom is -0.508 e. The largest absolute Gasteiger partial charge is 0.508 e. The summed E-state index contributed by atoms with van der Waals surface area (Å²) in [6, 6.07) is 8.31.